The van der Waals surface area contributed by atoms with Gasteiger partial charge in [0, 0.05) is 11.8 Å². The van der Waals surface area contributed by atoms with Gasteiger partial charge in [-0.2, -0.15) is 0 Å². The number of hydrogen-bond acceptors (Lipinski definition) is 4. The topological polar surface area (TPSA) is 102 Å². The third-order valence-corrected chi connectivity index (χ3v) is 1.83. The lowest BCUT2D eigenvalue weighted by Crippen LogP contribution is -2.41. The van der Waals surface area contributed by atoms with E-state index in [0.29, 0.717) is 11.4 Å². The molecule has 0 aliphatic rings. The largest absolute Gasteiger partial charge is 0.480 e. The van der Waals surface area contributed by atoms with E-state index in [1.54, 1.807) is 6.07 Å². The Balaban J connectivity index is 3.08. The maximum absolute atomic E-state index is 10.7. The fourth-order valence-corrected chi connectivity index (χ4v) is 0.836. The van der Waals surface area contributed by atoms with Crippen LogP contribution in [0.1, 0.15) is 12.5 Å². The minimum atomic E-state index is -1.42. The van der Waals surface area contributed by atoms with E-state index < -0.39 is 11.5 Å². The number of pyridine rings is 1. The molecule has 0 fully saturated rings. The summed E-state index contributed by atoms with van der Waals surface area (Å²) in [6.07, 6.45) is 1.36. The molecule has 0 aliphatic heterocycles. The maximum atomic E-state index is 10.7. The van der Waals surface area contributed by atoms with Crippen molar-refractivity contribution in [2.75, 3.05) is 5.73 Å². The van der Waals surface area contributed by atoms with Gasteiger partial charge in [-0.15, -0.1) is 0 Å². The van der Waals surface area contributed by atoms with Crippen LogP contribution < -0.4 is 11.5 Å². The molecule has 0 saturated carbocycles. The van der Waals surface area contributed by atoms with Gasteiger partial charge in [-0.1, -0.05) is 6.07 Å². The van der Waals surface area contributed by atoms with Crippen molar-refractivity contribution < 1.29 is 9.90 Å². The number of carboxylic acid groups (broad SMARTS) is 1. The number of aromatic nitrogens is 1. The van der Waals surface area contributed by atoms with Crippen molar-refractivity contribution in [3.8, 4) is 0 Å². The quantitative estimate of drug-likeness (QED) is 0.592. The van der Waals surface area contributed by atoms with Gasteiger partial charge in [-0.05, 0) is 13.0 Å². The van der Waals surface area contributed by atoms with Crippen LogP contribution in [-0.2, 0) is 10.3 Å². The van der Waals surface area contributed by atoms with Crippen molar-refractivity contribution in [2.24, 2.45) is 5.73 Å². The van der Waals surface area contributed by atoms with Gasteiger partial charge in [0.15, 0.2) is 0 Å². The molecule has 70 valence electrons. The van der Waals surface area contributed by atoms with E-state index in [1.807, 2.05) is 0 Å². The highest BCUT2D eigenvalue weighted by atomic mass is 16.4. The van der Waals surface area contributed by atoms with Crippen molar-refractivity contribution in [1.82, 2.24) is 4.98 Å². The van der Waals surface area contributed by atoms with E-state index in [2.05, 4.69) is 4.98 Å². The van der Waals surface area contributed by atoms with Crippen LogP contribution in [0.25, 0.3) is 0 Å². The third kappa shape index (κ3) is 1.75. The van der Waals surface area contributed by atoms with Crippen molar-refractivity contribution in [3.63, 3.8) is 0 Å². The standard InChI is InChI=1S/C8H11N3O2/c1-8(10,7(12)13)5-2-3-6(9)11-4-5/h2-4H,10H2,1H3,(H2,9,11)(H,12,13). The molecule has 0 saturated heterocycles. The second-order valence-electron chi connectivity index (χ2n) is 2.98. The molecule has 1 aromatic heterocycles. The first-order valence-electron chi connectivity index (χ1n) is 3.69. The highest BCUT2D eigenvalue weighted by molar-refractivity contribution is 5.79. The Bertz CT molecular complexity index is 319. The predicted octanol–water partition coefficient (Wildman–Crippen LogP) is -0.0777. The van der Waals surface area contributed by atoms with Crippen molar-refractivity contribution in [1.29, 1.82) is 0 Å². The van der Waals surface area contributed by atoms with E-state index in [4.69, 9.17) is 16.6 Å². The number of hydrogen-bond donors (Lipinski definition) is 3. The number of aliphatic carboxylic acids is 1. The second kappa shape index (κ2) is 3.02. The number of nitrogen functional groups attached to an aromatic ring is 1. The van der Waals surface area contributed by atoms with Gasteiger partial charge in [-0.3, -0.25) is 0 Å². The van der Waals surface area contributed by atoms with Crippen molar-refractivity contribution >= 4 is 11.8 Å². The van der Waals surface area contributed by atoms with Crippen molar-refractivity contribution in [2.45, 2.75) is 12.5 Å². The van der Waals surface area contributed by atoms with Crippen LogP contribution in [0.4, 0.5) is 5.82 Å². The van der Waals surface area contributed by atoms with E-state index in [0.717, 1.165) is 0 Å². The van der Waals surface area contributed by atoms with Crippen molar-refractivity contribution in [3.05, 3.63) is 23.9 Å². The lowest BCUT2D eigenvalue weighted by molar-refractivity contribution is -0.143. The van der Waals surface area contributed by atoms with Crippen LogP contribution in [0.2, 0.25) is 0 Å². The summed E-state index contributed by atoms with van der Waals surface area (Å²) in [6, 6.07) is 3.07. The zero-order valence-electron chi connectivity index (χ0n) is 7.19. The molecule has 0 radical (unpaired) electrons. The van der Waals surface area contributed by atoms with Crippen LogP contribution in [0.3, 0.4) is 0 Å². The Morgan fingerprint density at radius 2 is 2.23 bits per heavy atom. The number of rotatable bonds is 2. The fourth-order valence-electron chi connectivity index (χ4n) is 0.836. The monoisotopic (exact) mass is 181 g/mol. The Morgan fingerprint density at radius 3 is 2.62 bits per heavy atom. The molecule has 0 bridgehead atoms. The summed E-state index contributed by atoms with van der Waals surface area (Å²) in [5.74, 6) is -0.760. The van der Waals surface area contributed by atoms with Crippen LogP contribution in [0, 0.1) is 0 Å². The molecule has 1 atom stereocenters. The molecular weight excluding hydrogens is 170 g/mol. The van der Waals surface area contributed by atoms with Gasteiger partial charge in [-0.25, -0.2) is 9.78 Å². The summed E-state index contributed by atoms with van der Waals surface area (Å²) in [7, 11) is 0. The number of nitrogens with zero attached hydrogens (tertiary/aromatic N) is 1. The molecule has 0 aromatic carbocycles. The molecule has 5 heteroatoms. The van der Waals surface area contributed by atoms with E-state index >= 15 is 0 Å². The van der Waals surface area contributed by atoms with Gasteiger partial charge in [0.05, 0.1) is 0 Å². The smallest absolute Gasteiger partial charge is 0.328 e. The third-order valence-electron chi connectivity index (χ3n) is 1.83. The average Bonchev–Trinajstić information content (AvgIpc) is 2.04. The minimum Gasteiger partial charge on any atom is -0.480 e. The van der Waals surface area contributed by atoms with Gasteiger partial charge in [0.2, 0.25) is 0 Å². The molecule has 0 aliphatic carbocycles. The highest BCUT2D eigenvalue weighted by Gasteiger charge is 2.30. The minimum absolute atomic E-state index is 0.338. The van der Waals surface area contributed by atoms with Crippen LogP contribution in [-0.4, -0.2) is 16.1 Å². The molecule has 1 heterocycles. The van der Waals surface area contributed by atoms with Gasteiger partial charge < -0.3 is 16.6 Å². The summed E-state index contributed by atoms with van der Waals surface area (Å²) in [6.45, 7) is 1.41. The zero-order valence-corrected chi connectivity index (χ0v) is 7.19. The Kier molecular flexibility index (Phi) is 2.20. The summed E-state index contributed by atoms with van der Waals surface area (Å²) in [5.41, 5.74) is 9.91. The van der Waals surface area contributed by atoms with Gasteiger partial charge >= 0.3 is 5.97 Å². The molecule has 0 spiro atoms. The van der Waals surface area contributed by atoms with E-state index in [-0.39, 0.29) is 0 Å². The number of carbonyl (C=O) groups is 1. The number of nitrogens with two attached hydrogens (primary N) is 2. The number of anilines is 1. The first-order chi connectivity index (χ1) is 5.94. The lowest BCUT2D eigenvalue weighted by Gasteiger charge is -2.18. The summed E-state index contributed by atoms with van der Waals surface area (Å²) < 4.78 is 0. The van der Waals surface area contributed by atoms with Crippen LogP contribution >= 0.6 is 0 Å². The molecule has 5 N–H and O–H groups in total. The van der Waals surface area contributed by atoms with Gasteiger partial charge in [0.25, 0.3) is 0 Å². The molecule has 13 heavy (non-hydrogen) atoms. The summed E-state index contributed by atoms with van der Waals surface area (Å²) >= 11 is 0. The van der Waals surface area contributed by atoms with Crippen LogP contribution in [0.5, 0.6) is 0 Å². The Hall–Kier alpha value is -1.62. The Labute approximate surface area is 75.4 Å². The zero-order chi connectivity index (χ0) is 10.1. The van der Waals surface area contributed by atoms with E-state index in [9.17, 15) is 4.79 Å². The highest BCUT2D eigenvalue weighted by Crippen LogP contribution is 2.17. The predicted molar refractivity (Wildman–Crippen MR) is 47.8 cm³/mol. The average molecular weight is 181 g/mol. The second-order valence-corrected chi connectivity index (χ2v) is 2.98. The Morgan fingerprint density at radius 1 is 1.62 bits per heavy atom. The molecule has 1 aromatic rings. The molecule has 1 unspecified atom stereocenters. The normalized spacial score (nSPS) is 14.9. The van der Waals surface area contributed by atoms with Crippen LogP contribution in [0.15, 0.2) is 18.3 Å². The molecule has 0 amide bonds. The molecule has 5 nitrogen and oxygen atoms in total. The summed E-state index contributed by atoms with van der Waals surface area (Å²) in [4.78, 5) is 14.5. The lowest BCUT2D eigenvalue weighted by atomic mass is 9.95. The molecular formula is C8H11N3O2. The first kappa shape index (κ1) is 9.47. The summed E-state index contributed by atoms with van der Waals surface area (Å²) in [5, 5.41) is 8.78. The number of carboxylic acids is 1. The van der Waals surface area contributed by atoms with E-state index in [1.165, 1.54) is 19.2 Å². The SMILES string of the molecule is CC(N)(C(=O)O)c1ccc(N)nc1. The fraction of sp³-hybridized carbons (Fsp3) is 0.250. The maximum Gasteiger partial charge on any atom is 0.328 e. The van der Waals surface area contributed by atoms with Gasteiger partial charge in [0.1, 0.15) is 11.4 Å². The first-order valence-corrected chi connectivity index (χ1v) is 3.69. The molecule has 1 rings (SSSR count).